The molecule has 18 heavy (non-hydrogen) atoms. The predicted octanol–water partition coefficient (Wildman–Crippen LogP) is 2.58. The van der Waals surface area contributed by atoms with Gasteiger partial charge in [-0.3, -0.25) is 9.67 Å². The Morgan fingerprint density at radius 2 is 2.28 bits per heavy atom. The molecule has 1 atom stereocenters. The van der Waals surface area contributed by atoms with Crippen LogP contribution in [-0.2, 0) is 13.0 Å². The van der Waals surface area contributed by atoms with Crippen LogP contribution < -0.4 is 5.73 Å². The maximum atomic E-state index is 6.22. The zero-order valence-corrected chi connectivity index (χ0v) is 11.1. The molecule has 0 saturated carbocycles. The van der Waals surface area contributed by atoms with E-state index < -0.39 is 0 Å². The van der Waals surface area contributed by atoms with Crippen molar-refractivity contribution >= 4 is 11.6 Å². The highest BCUT2D eigenvalue weighted by Crippen LogP contribution is 2.23. The number of hydrogen-bond acceptors (Lipinski definition) is 3. The lowest BCUT2D eigenvalue weighted by molar-refractivity contribution is 0.536. The Bertz CT molecular complexity index is 495. The summed E-state index contributed by atoms with van der Waals surface area (Å²) in [5.41, 5.74) is 8.07. The van der Waals surface area contributed by atoms with Crippen LogP contribution in [0.15, 0.2) is 30.6 Å². The Kier molecular flexibility index (Phi) is 4.33. The van der Waals surface area contributed by atoms with E-state index in [-0.39, 0.29) is 6.04 Å². The van der Waals surface area contributed by atoms with Crippen molar-refractivity contribution in [1.82, 2.24) is 14.8 Å². The highest BCUT2D eigenvalue weighted by Gasteiger charge is 2.17. The second kappa shape index (κ2) is 5.98. The van der Waals surface area contributed by atoms with E-state index >= 15 is 0 Å². The molecule has 2 N–H and O–H groups in total. The van der Waals surface area contributed by atoms with Gasteiger partial charge in [0.1, 0.15) is 0 Å². The quantitative estimate of drug-likeness (QED) is 0.903. The lowest BCUT2D eigenvalue weighted by atomic mass is 10.1. The molecular weight excluding hydrogens is 248 g/mol. The van der Waals surface area contributed by atoms with E-state index in [4.69, 9.17) is 17.3 Å². The zero-order chi connectivity index (χ0) is 13.0. The number of halogens is 1. The summed E-state index contributed by atoms with van der Waals surface area (Å²) >= 11 is 6.16. The topological polar surface area (TPSA) is 56.7 Å². The number of aromatic nitrogens is 3. The zero-order valence-electron chi connectivity index (χ0n) is 10.4. The first-order valence-electron chi connectivity index (χ1n) is 6.09. The van der Waals surface area contributed by atoms with Gasteiger partial charge in [-0.25, -0.2) is 0 Å². The predicted molar refractivity (Wildman–Crippen MR) is 72.4 cm³/mol. The van der Waals surface area contributed by atoms with Crippen molar-refractivity contribution in [3.63, 3.8) is 0 Å². The van der Waals surface area contributed by atoms with E-state index in [1.165, 1.54) is 0 Å². The second-order valence-electron chi connectivity index (χ2n) is 4.23. The van der Waals surface area contributed by atoms with Crippen molar-refractivity contribution in [3.05, 3.63) is 47.0 Å². The number of rotatable bonds is 5. The van der Waals surface area contributed by atoms with Gasteiger partial charge in [0, 0.05) is 24.9 Å². The molecule has 2 heterocycles. The summed E-state index contributed by atoms with van der Waals surface area (Å²) in [6, 6.07) is 5.64. The molecule has 0 bridgehead atoms. The van der Waals surface area contributed by atoms with E-state index in [9.17, 15) is 0 Å². The molecule has 0 amide bonds. The second-order valence-corrected chi connectivity index (χ2v) is 4.64. The number of nitrogens with two attached hydrogens (primary N) is 1. The third-order valence-electron chi connectivity index (χ3n) is 2.78. The summed E-state index contributed by atoms with van der Waals surface area (Å²) in [5.74, 6) is 0. The van der Waals surface area contributed by atoms with Gasteiger partial charge in [0.2, 0.25) is 0 Å². The fourth-order valence-electron chi connectivity index (χ4n) is 1.97. The van der Waals surface area contributed by atoms with Crippen LogP contribution in [-0.4, -0.2) is 14.8 Å². The van der Waals surface area contributed by atoms with Gasteiger partial charge in [-0.1, -0.05) is 24.6 Å². The van der Waals surface area contributed by atoms with Crippen LogP contribution in [0.3, 0.4) is 0 Å². The minimum absolute atomic E-state index is 0.179. The Morgan fingerprint density at radius 3 is 2.94 bits per heavy atom. The molecule has 0 aliphatic carbocycles. The van der Waals surface area contributed by atoms with Crippen LogP contribution in [0.4, 0.5) is 0 Å². The van der Waals surface area contributed by atoms with Crippen molar-refractivity contribution < 1.29 is 0 Å². The molecule has 96 valence electrons. The molecule has 2 rings (SSSR count). The summed E-state index contributed by atoms with van der Waals surface area (Å²) in [7, 11) is 0. The first kappa shape index (κ1) is 13.1. The van der Waals surface area contributed by atoms with E-state index in [1.54, 1.807) is 12.4 Å². The smallest absolute Gasteiger partial charge is 0.0834 e. The van der Waals surface area contributed by atoms with Gasteiger partial charge >= 0.3 is 0 Å². The van der Waals surface area contributed by atoms with Crippen LogP contribution in [0.25, 0.3) is 0 Å². The molecule has 1 unspecified atom stereocenters. The molecule has 2 aromatic heterocycles. The first-order valence-corrected chi connectivity index (χ1v) is 6.47. The summed E-state index contributed by atoms with van der Waals surface area (Å²) < 4.78 is 1.88. The Hall–Kier alpha value is -1.39. The van der Waals surface area contributed by atoms with Gasteiger partial charge in [-0.2, -0.15) is 5.10 Å². The van der Waals surface area contributed by atoms with Crippen molar-refractivity contribution in [2.45, 2.75) is 32.4 Å². The van der Waals surface area contributed by atoms with Crippen LogP contribution >= 0.6 is 11.6 Å². The van der Waals surface area contributed by atoms with Crippen LogP contribution in [0, 0.1) is 0 Å². The molecule has 4 nitrogen and oxygen atoms in total. The van der Waals surface area contributed by atoms with Gasteiger partial charge < -0.3 is 5.73 Å². The monoisotopic (exact) mass is 264 g/mol. The molecule has 0 aromatic carbocycles. The maximum absolute atomic E-state index is 6.22. The van der Waals surface area contributed by atoms with Crippen molar-refractivity contribution in [3.8, 4) is 0 Å². The molecule has 0 saturated heterocycles. The standard InChI is InChI=1S/C13H17ClN4/c1-2-7-18-13(11(14)9-17-18)12(15)8-10-5-3-4-6-16-10/h3-6,9,12H,2,7-8,15H2,1H3. The van der Waals surface area contributed by atoms with E-state index in [0.29, 0.717) is 11.4 Å². The Labute approximate surface area is 112 Å². The molecule has 0 spiro atoms. The number of aryl methyl sites for hydroxylation is 1. The van der Waals surface area contributed by atoms with Crippen molar-refractivity contribution in [1.29, 1.82) is 0 Å². The molecule has 2 aromatic rings. The SMILES string of the molecule is CCCn1ncc(Cl)c1C(N)Cc1ccccn1. The minimum Gasteiger partial charge on any atom is -0.322 e. The number of pyridine rings is 1. The van der Waals surface area contributed by atoms with E-state index in [0.717, 1.165) is 24.4 Å². The van der Waals surface area contributed by atoms with Crippen molar-refractivity contribution in [2.75, 3.05) is 0 Å². The van der Waals surface area contributed by atoms with Gasteiger partial charge in [0.25, 0.3) is 0 Å². The fourth-order valence-corrected chi connectivity index (χ4v) is 2.25. The fraction of sp³-hybridized carbons (Fsp3) is 0.385. The highest BCUT2D eigenvalue weighted by molar-refractivity contribution is 6.31. The van der Waals surface area contributed by atoms with E-state index in [2.05, 4.69) is 17.0 Å². The number of hydrogen-bond donors (Lipinski definition) is 1. The average Bonchev–Trinajstić information content (AvgIpc) is 2.72. The molecule has 0 radical (unpaired) electrons. The largest absolute Gasteiger partial charge is 0.322 e. The summed E-state index contributed by atoms with van der Waals surface area (Å²) in [4.78, 5) is 4.28. The normalized spacial score (nSPS) is 12.6. The summed E-state index contributed by atoms with van der Waals surface area (Å²) in [5, 5.41) is 4.88. The third-order valence-corrected chi connectivity index (χ3v) is 3.07. The van der Waals surface area contributed by atoms with Crippen LogP contribution in [0.5, 0.6) is 0 Å². The van der Waals surface area contributed by atoms with Gasteiger partial charge in [0.15, 0.2) is 0 Å². The Balaban J connectivity index is 2.18. The van der Waals surface area contributed by atoms with Crippen LogP contribution in [0.2, 0.25) is 5.02 Å². The van der Waals surface area contributed by atoms with Gasteiger partial charge in [-0.05, 0) is 18.6 Å². The molecule has 0 aliphatic heterocycles. The summed E-state index contributed by atoms with van der Waals surface area (Å²) in [6.07, 6.45) is 5.09. The number of nitrogens with zero attached hydrogens (tertiary/aromatic N) is 3. The van der Waals surface area contributed by atoms with Gasteiger partial charge in [0.05, 0.1) is 23.0 Å². The molecule has 0 aliphatic rings. The minimum atomic E-state index is -0.179. The molecule has 5 heteroatoms. The lowest BCUT2D eigenvalue weighted by Gasteiger charge is -2.14. The third kappa shape index (κ3) is 2.89. The first-order chi connectivity index (χ1) is 8.72. The Morgan fingerprint density at radius 1 is 1.44 bits per heavy atom. The maximum Gasteiger partial charge on any atom is 0.0834 e. The highest BCUT2D eigenvalue weighted by atomic mass is 35.5. The van der Waals surface area contributed by atoms with Crippen molar-refractivity contribution in [2.24, 2.45) is 5.73 Å². The van der Waals surface area contributed by atoms with Crippen LogP contribution in [0.1, 0.15) is 30.8 Å². The molecule has 0 fully saturated rings. The molecular formula is C13H17ClN4. The van der Waals surface area contributed by atoms with E-state index in [1.807, 2.05) is 22.9 Å². The average molecular weight is 265 g/mol. The summed E-state index contributed by atoms with van der Waals surface area (Å²) in [6.45, 7) is 2.93. The lowest BCUT2D eigenvalue weighted by Crippen LogP contribution is -2.19. The van der Waals surface area contributed by atoms with Gasteiger partial charge in [-0.15, -0.1) is 0 Å².